The van der Waals surface area contributed by atoms with Gasteiger partial charge in [0.25, 0.3) is 0 Å². The second-order valence-corrected chi connectivity index (χ2v) is 3.93. The van der Waals surface area contributed by atoms with Crippen molar-refractivity contribution >= 4 is 22.4 Å². The lowest BCUT2D eigenvalue weighted by atomic mass is 10.2. The van der Waals surface area contributed by atoms with Crippen molar-refractivity contribution in [2.75, 3.05) is 5.32 Å². The Kier molecular flexibility index (Phi) is 3.73. The molecule has 0 aromatic carbocycles. The fraction of sp³-hybridized carbons (Fsp3) is 0.375. The zero-order valence-electron chi connectivity index (χ0n) is 7.86. The average molecular weight is 212 g/mol. The van der Waals surface area contributed by atoms with Crippen LogP contribution in [0.5, 0.6) is 0 Å². The van der Waals surface area contributed by atoms with Crippen LogP contribution in [0.1, 0.15) is 11.4 Å². The van der Waals surface area contributed by atoms with Crippen molar-refractivity contribution in [3.63, 3.8) is 0 Å². The molecule has 5 nitrogen and oxygen atoms in total. The van der Waals surface area contributed by atoms with E-state index in [1.54, 1.807) is 6.08 Å². The SMILES string of the molecule is C=CCC(N)C(=O)Nc1nnc(C)s1. The maximum atomic E-state index is 11.4. The molecule has 0 aliphatic rings. The Hall–Kier alpha value is -1.27. The molecule has 0 saturated carbocycles. The van der Waals surface area contributed by atoms with E-state index in [4.69, 9.17) is 5.73 Å². The van der Waals surface area contributed by atoms with Gasteiger partial charge in [-0.2, -0.15) is 0 Å². The smallest absolute Gasteiger partial charge is 0.243 e. The van der Waals surface area contributed by atoms with Gasteiger partial charge in [-0.25, -0.2) is 0 Å². The van der Waals surface area contributed by atoms with Gasteiger partial charge in [0.1, 0.15) is 5.01 Å². The maximum Gasteiger partial charge on any atom is 0.243 e. The van der Waals surface area contributed by atoms with Gasteiger partial charge in [-0.3, -0.25) is 10.1 Å². The molecular formula is C8H12N4OS. The summed E-state index contributed by atoms with van der Waals surface area (Å²) in [5.41, 5.74) is 5.56. The van der Waals surface area contributed by atoms with Crippen LogP contribution >= 0.6 is 11.3 Å². The van der Waals surface area contributed by atoms with Crippen molar-refractivity contribution in [3.8, 4) is 0 Å². The lowest BCUT2D eigenvalue weighted by Crippen LogP contribution is -2.35. The summed E-state index contributed by atoms with van der Waals surface area (Å²) >= 11 is 1.32. The van der Waals surface area contributed by atoms with E-state index in [0.717, 1.165) is 5.01 Å². The number of amides is 1. The molecule has 1 aromatic heterocycles. The number of aryl methyl sites for hydroxylation is 1. The van der Waals surface area contributed by atoms with Crippen LogP contribution in [-0.4, -0.2) is 22.1 Å². The monoisotopic (exact) mass is 212 g/mol. The largest absolute Gasteiger partial charge is 0.320 e. The first kappa shape index (κ1) is 10.8. The van der Waals surface area contributed by atoms with Crippen molar-refractivity contribution in [1.29, 1.82) is 0 Å². The third-order valence-electron chi connectivity index (χ3n) is 1.51. The number of aromatic nitrogens is 2. The van der Waals surface area contributed by atoms with Crippen molar-refractivity contribution in [2.45, 2.75) is 19.4 Å². The van der Waals surface area contributed by atoms with Crippen LogP contribution in [0.4, 0.5) is 5.13 Å². The fourth-order valence-electron chi connectivity index (χ4n) is 0.832. The van der Waals surface area contributed by atoms with Gasteiger partial charge >= 0.3 is 0 Å². The van der Waals surface area contributed by atoms with Crippen LogP contribution in [-0.2, 0) is 4.79 Å². The van der Waals surface area contributed by atoms with E-state index in [-0.39, 0.29) is 5.91 Å². The third-order valence-corrected chi connectivity index (χ3v) is 2.27. The number of hydrogen-bond acceptors (Lipinski definition) is 5. The summed E-state index contributed by atoms with van der Waals surface area (Å²) in [4.78, 5) is 11.4. The molecule has 0 radical (unpaired) electrons. The maximum absolute atomic E-state index is 11.4. The molecule has 3 N–H and O–H groups in total. The molecule has 1 rings (SSSR count). The van der Waals surface area contributed by atoms with Crippen LogP contribution in [0.25, 0.3) is 0 Å². The molecule has 0 spiro atoms. The predicted octanol–water partition coefficient (Wildman–Crippen LogP) is 0.688. The lowest BCUT2D eigenvalue weighted by Gasteiger charge is -2.06. The van der Waals surface area contributed by atoms with E-state index in [1.807, 2.05) is 6.92 Å². The predicted molar refractivity (Wildman–Crippen MR) is 56.1 cm³/mol. The van der Waals surface area contributed by atoms with Crippen LogP contribution in [0.2, 0.25) is 0 Å². The molecule has 76 valence electrons. The topological polar surface area (TPSA) is 80.9 Å². The van der Waals surface area contributed by atoms with Crippen molar-refractivity contribution in [1.82, 2.24) is 10.2 Å². The Balaban J connectivity index is 2.52. The summed E-state index contributed by atoms with van der Waals surface area (Å²) in [6, 6.07) is -0.572. The van der Waals surface area contributed by atoms with Crippen LogP contribution in [0.3, 0.4) is 0 Å². The Bertz CT molecular complexity index is 336. The molecule has 1 aromatic rings. The summed E-state index contributed by atoms with van der Waals surface area (Å²) in [5, 5.41) is 11.4. The van der Waals surface area contributed by atoms with Gasteiger partial charge < -0.3 is 5.73 Å². The highest BCUT2D eigenvalue weighted by atomic mass is 32.1. The number of rotatable bonds is 4. The lowest BCUT2D eigenvalue weighted by molar-refractivity contribution is -0.117. The minimum absolute atomic E-state index is 0.263. The highest BCUT2D eigenvalue weighted by molar-refractivity contribution is 7.15. The fourth-order valence-corrected chi connectivity index (χ4v) is 1.43. The second kappa shape index (κ2) is 4.83. The number of nitrogens with two attached hydrogens (primary N) is 1. The molecule has 1 unspecified atom stereocenters. The Labute approximate surface area is 86.0 Å². The normalized spacial score (nSPS) is 12.1. The molecule has 0 bridgehead atoms. The summed E-state index contributed by atoms with van der Waals surface area (Å²) in [6.45, 7) is 5.33. The van der Waals surface area contributed by atoms with Gasteiger partial charge in [0.05, 0.1) is 6.04 Å². The average Bonchev–Trinajstić information content (AvgIpc) is 2.51. The second-order valence-electron chi connectivity index (χ2n) is 2.75. The quantitative estimate of drug-likeness (QED) is 0.719. The molecule has 0 fully saturated rings. The molecule has 14 heavy (non-hydrogen) atoms. The van der Waals surface area contributed by atoms with Gasteiger partial charge in [-0.1, -0.05) is 17.4 Å². The molecular weight excluding hydrogens is 200 g/mol. The van der Waals surface area contributed by atoms with E-state index < -0.39 is 6.04 Å². The van der Waals surface area contributed by atoms with Gasteiger partial charge in [0, 0.05) is 0 Å². The number of carbonyl (C=O) groups excluding carboxylic acids is 1. The Morgan fingerprint density at radius 1 is 1.79 bits per heavy atom. The molecule has 1 atom stereocenters. The van der Waals surface area contributed by atoms with Crippen LogP contribution in [0, 0.1) is 6.92 Å². The first-order valence-electron chi connectivity index (χ1n) is 4.11. The summed E-state index contributed by atoms with van der Waals surface area (Å²) < 4.78 is 0. The highest BCUT2D eigenvalue weighted by Gasteiger charge is 2.13. The van der Waals surface area contributed by atoms with E-state index in [1.165, 1.54) is 11.3 Å². The van der Waals surface area contributed by atoms with Crippen LogP contribution < -0.4 is 11.1 Å². The van der Waals surface area contributed by atoms with E-state index in [0.29, 0.717) is 11.6 Å². The number of nitrogens with zero attached hydrogens (tertiary/aromatic N) is 2. The van der Waals surface area contributed by atoms with Crippen molar-refractivity contribution < 1.29 is 4.79 Å². The third kappa shape index (κ3) is 2.90. The van der Waals surface area contributed by atoms with Crippen molar-refractivity contribution in [3.05, 3.63) is 17.7 Å². The zero-order valence-corrected chi connectivity index (χ0v) is 8.67. The molecule has 1 amide bonds. The van der Waals surface area contributed by atoms with Crippen molar-refractivity contribution in [2.24, 2.45) is 5.73 Å². The molecule has 1 heterocycles. The summed E-state index contributed by atoms with van der Waals surface area (Å²) in [5.74, 6) is -0.263. The Morgan fingerprint density at radius 3 is 3.00 bits per heavy atom. The minimum atomic E-state index is -0.572. The van der Waals surface area contributed by atoms with Gasteiger partial charge in [0.2, 0.25) is 11.0 Å². The zero-order chi connectivity index (χ0) is 10.6. The van der Waals surface area contributed by atoms with Gasteiger partial charge in [0.15, 0.2) is 0 Å². The Morgan fingerprint density at radius 2 is 2.50 bits per heavy atom. The summed E-state index contributed by atoms with van der Waals surface area (Å²) in [6.07, 6.45) is 2.05. The number of hydrogen-bond donors (Lipinski definition) is 2. The summed E-state index contributed by atoms with van der Waals surface area (Å²) in [7, 11) is 0. The van der Waals surface area contributed by atoms with E-state index in [2.05, 4.69) is 22.1 Å². The van der Waals surface area contributed by atoms with E-state index >= 15 is 0 Å². The first-order chi connectivity index (χ1) is 6.63. The van der Waals surface area contributed by atoms with Gasteiger partial charge in [-0.05, 0) is 13.3 Å². The molecule has 6 heteroatoms. The van der Waals surface area contributed by atoms with Crippen LogP contribution in [0.15, 0.2) is 12.7 Å². The molecule has 0 aliphatic heterocycles. The number of nitrogens with one attached hydrogen (secondary N) is 1. The number of anilines is 1. The highest BCUT2D eigenvalue weighted by Crippen LogP contribution is 2.13. The standard InChI is InChI=1S/C8H12N4OS/c1-3-4-6(9)7(13)10-8-12-11-5(2)14-8/h3,6H,1,4,9H2,2H3,(H,10,12,13). The number of carbonyl (C=O) groups is 1. The minimum Gasteiger partial charge on any atom is -0.320 e. The first-order valence-corrected chi connectivity index (χ1v) is 4.92. The van der Waals surface area contributed by atoms with E-state index in [9.17, 15) is 4.79 Å². The molecule has 0 saturated heterocycles. The molecule has 0 aliphatic carbocycles. The van der Waals surface area contributed by atoms with Gasteiger partial charge in [-0.15, -0.1) is 16.8 Å².